The molecule has 0 saturated heterocycles. The van der Waals surface area contributed by atoms with Gasteiger partial charge in [-0.2, -0.15) is 25.3 Å². The van der Waals surface area contributed by atoms with E-state index in [0.29, 0.717) is 23.6 Å². The van der Waals surface area contributed by atoms with Crippen molar-refractivity contribution >= 4 is 49.0 Å². The fourth-order valence-corrected chi connectivity index (χ4v) is 4.17. The standard InChI is InChI=1S/C15H22N2O3S.C14H18N2O3S/c1-5-11-10(8-21)6-7-12(16-11)14(18)17-13(9(2)3)15(19)20-4;1-4-10-9(8-20)6-7-12(15-10)13(17)16-11(5-2)14(18)19-3/h6-7,9,13,21H,5,8H2,1-4H3,(H,17,18);5-7,20H,4,8H2,1-3H3,(H,16,17)/b;11-5+. The molecule has 2 N–H and O–H groups in total. The Morgan fingerprint density at radius 3 is 1.71 bits per heavy atom. The zero-order valence-corrected chi connectivity index (χ0v) is 26.4. The molecule has 0 aromatic carbocycles. The van der Waals surface area contributed by atoms with Crippen molar-refractivity contribution in [3.8, 4) is 0 Å². The monoisotopic (exact) mass is 604 g/mol. The second-order valence-corrected chi connectivity index (χ2v) is 9.63. The molecule has 41 heavy (non-hydrogen) atoms. The first-order chi connectivity index (χ1) is 19.5. The summed E-state index contributed by atoms with van der Waals surface area (Å²) in [4.78, 5) is 56.0. The molecule has 0 radical (unpaired) electrons. The Bertz CT molecular complexity index is 1250. The van der Waals surface area contributed by atoms with Gasteiger partial charge in [-0.3, -0.25) is 9.59 Å². The van der Waals surface area contributed by atoms with E-state index in [9.17, 15) is 19.2 Å². The summed E-state index contributed by atoms with van der Waals surface area (Å²) in [6.07, 6.45) is 2.92. The van der Waals surface area contributed by atoms with Crippen LogP contribution in [-0.4, -0.2) is 54.0 Å². The molecular formula is C29H40N4O6S2. The molecule has 0 aliphatic heterocycles. The summed E-state index contributed by atoms with van der Waals surface area (Å²) < 4.78 is 9.28. The van der Waals surface area contributed by atoms with Crippen molar-refractivity contribution in [1.29, 1.82) is 0 Å². The number of pyridine rings is 2. The molecule has 10 nitrogen and oxygen atoms in total. The quantitative estimate of drug-likeness (QED) is 0.172. The number of esters is 2. The average molecular weight is 605 g/mol. The molecule has 0 fully saturated rings. The van der Waals surface area contributed by atoms with E-state index < -0.39 is 23.9 Å². The molecule has 12 heteroatoms. The van der Waals surface area contributed by atoms with Crippen LogP contribution < -0.4 is 10.6 Å². The highest BCUT2D eigenvalue weighted by molar-refractivity contribution is 7.79. The van der Waals surface area contributed by atoms with Gasteiger partial charge in [-0.05, 0) is 48.9 Å². The molecule has 0 saturated carbocycles. The summed E-state index contributed by atoms with van der Waals surface area (Å²) in [5.74, 6) is -0.786. The molecule has 2 aromatic rings. The second-order valence-electron chi connectivity index (χ2n) is 8.99. The van der Waals surface area contributed by atoms with Crippen LogP contribution in [-0.2, 0) is 43.4 Å². The number of nitrogens with one attached hydrogen (secondary N) is 2. The van der Waals surface area contributed by atoms with Gasteiger partial charge in [0, 0.05) is 22.9 Å². The minimum atomic E-state index is -0.682. The normalized spacial score (nSPS) is 11.6. The number of thiol groups is 2. The second kappa shape index (κ2) is 18.1. The van der Waals surface area contributed by atoms with Crippen LogP contribution in [0.2, 0.25) is 0 Å². The minimum absolute atomic E-state index is 0.0660. The van der Waals surface area contributed by atoms with Crippen molar-refractivity contribution in [2.45, 2.75) is 65.0 Å². The summed E-state index contributed by atoms with van der Waals surface area (Å²) >= 11 is 8.46. The fraction of sp³-hybridized carbons (Fsp3) is 0.448. The van der Waals surface area contributed by atoms with Gasteiger partial charge in [0.25, 0.3) is 11.8 Å². The van der Waals surface area contributed by atoms with E-state index in [1.165, 1.54) is 20.3 Å². The number of nitrogens with zero attached hydrogens (tertiary/aromatic N) is 2. The number of ether oxygens (including phenoxy) is 2. The summed E-state index contributed by atoms with van der Waals surface area (Å²) in [6, 6.07) is 6.25. The number of allylic oxidation sites excluding steroid dienone is 1. The van der Waals surface area contributed by atoms with E-state index >= 15 is 0 Å². The molecule has 0 bridgehead atoms. The van der Waals surface area contributed by atoms with E-state index in [1.807, 2.05) is 39.8 Å². The first kappa shape index (κ1) is 35.6. The van der Waals surface area contributed by atoms with Crippen LogP contribution in [0, 0.1) is 5.92 Å². The Morgan fingerprint density at radius 2 is 1.34 bits per heavy atom. The Labute approximate surface area is 252 Å². The first-order valence-electron chi connectivity index (χ1n) is 13.1. The van der Waals surface area contributed by atoms with Gasteiger partial charge in [-0.15, -0.1) is 0 Å². The SMILES string of the molecule is C/C=C(/NC(=O)c1ccc(CS)c(CC)n1)C(=O)OC.CCc1nc(C(=O)NC(C(=O)OC)C(C)C)ccc1CS. The number of carbonyl (C=O) groups excluding carboxylic acids is 4. The van der Waals surface area contributed by atoms with Crippen molar-refractivity contribution in [2.75, 3.05) is 14.2 Å². The number of carbonyl (C=O) groups is 4. The highest BCUT2D eigenvalue weighted by Crippen LogP contribution is 2.13. The van der Waals surface area contributed by atoms with Gasteiger partial charge < -0.3 is 20.1 Å². The smallest absolute Gasteiger partial charge is 0.354 e. The van der Waals surface area contributed by atoms with Gasteiger partial charge in [0.15, 0.2) is 0 Å². The van der Waals surface area contributed by atoms with E-state index in [4.69, 9.17) is 4.74 Å². The lowest BCUT2D eigenvalue weighted by Gasteiger charge is -2.19. The lowest BCUT2D eigenvalue weighted by atomic mass is 10.0. The van der Waals surface area contributed by atoms with Crippen LogP contribution in [0.4, 0.5) is 0 Å². The maximum Gasteiger partial charge on any atom is 0.354 e. The van der Waals surface area contributed by atoms with Crippen LogP contribution in [0.3, 0.4) is 0 Å². The predicted octanol–water partition coefficient (Wildman–Crippen LogP) is 3.88. The molecule has 0 aliphatic rings. The maximum absolute atomic E-state index is 12.2. The van der Waals surface area contributed by atoms with E-state index in [0.717, 1.165) is 28.9 Å². The van der Waals surface area contributed by atoms with Crippen molar-refractivity contribution in [1.82, 2.24) is 20.6 Å². The number of aromatic nitrogens is 2. The van der Waals surface area contributed by atoms with E-state index in [1.54, 1.807) is 19.1 Å². The lowest BCUT2D eigenvalue weighted by Crippen LogP contribution is -2.45. The molecule has 0 aliphatic carbocycles. The van der Waals surface area contributed by atoms with Gasteiger partial charge in [0.2, 0.25) is 0 Å². The molecule has 2 aromatic heterocycles. The molecule has 0 spiro atoms. The Balaban J connectivity index is 0.000000410. The van der Waals surface area contributed by atoms with Crippen LogP contribution in [0.5, 0.6) is 0 Å². The average Bonchev–Trinajstić information content (AvgIpc) is 3.00. The third-order valence-electron chi connectivity index (χ3n) is 5.96. The summed E-state index contributed by atoms with van der Waals surface area (Å²) in [5.41, 5.74) is 4.32. The maximum atomic E-state index is 12.2. The number of methoxy groups -OCH3 is 2. The van der Waals surface area contributed by atoms with Gasteiger partial charge in [0.05, 0.1) is 14.2 Å². The molecule has 1 unspecified atom stereocenters. The number of hydrogen-bond acceptors (Lipinski definition) is 10. The number of amides is 2. The first-order valence-corrected chi connectivity index (χ1v) is 14.4. The zero-order valence-electron chi connectivity index (χ0n) is 24.6. The Hall–Kier alpha value is -3.38. The molecule has 2 amide bonds. The van der Waals surface area contributed by atoms with E-state index in [2.05, 4.69) is 50.6 Å². The third-order valence-corrected chi connectivity index (χ3v) is 6.64. The van der Waals surface area contributed by atoms with Gasteiger partial charge in [-0.25, -0.2) is 19.6 Å². The molecular weight excluding hydrogens is 564 g/mol. The summed E-state index contributed by atoms with van der Waals surface area (Å²) in [7, 11) is 2.56. The predicted molar refractivity (Wildman–Crippen MR) is 164 cm³/mol. The largest absolute Gasteiger partial charge is 0.467 e. The van der Waals surface area contributed by atoms with Crippen LogP contribution >= 0.6 is 25.3 Å². The van der Waals surface area contributed by atoms with Crippen molar-refractivity contribution in [2.24, 2.45) is 5.92 Å². The number of rotatable bonds is 11. The fourth-order valence-electron chi connectivity index (χ4n) is 3.59. The lowest BCUT2D eigenvalue weighted by molar-refractivity contribution is -0.144. The van der Waals surface area contributed by atoms with Crippen LogP contribution in [0.25, 0.3) is 0 Å². The van der Waals surface area contributed by atoms with E-state index in [-0.39, 0.29) is 23.2 Å². The summed E-state index contributed by atoms with van der Waals surface area (Å²) in [6.45, 7) is 9.26. The van der Waals surface area contributed by atoms with Gasteiger partial charge >= 0.3 is 11.9 Å². The van der Waals surface area contributed by atoms with Gasteiger partial charge in [0.1, 0.15) is 23.1 Å². The third kappa shape index (κ3) is 10.5. The summed E-state index contributed by atoms with van der Waals surface area (Å²) in [5, 5.41) is 5.17. The van der Waals surface area contributed by atoms with Crippen LogP contribution in [0.15, 0.2) is 36.0 Å². The molecule has 224 valence electrons. The van der Waals surface area contributed by atoms with Crippen molar-refractivity contribution in [3.05, 3.63) is 69.9 Å². The highest BCUT2D eigenvalue weighted by atomic mass is 32.1. The molecule has 2 heterocycles. The highest BCUT2D eigenvalue weighted by Gasteiger charge is 2.26. The number of aryl methyl sites for hydroxylation is 2. The van der Waals surface area contributed by atoms with Crippen LogP contribution in [0.1, 0.15) is 78.1 Å². The van der Waals surface area contributed by atoms with Crippen molar-refractivity contribution < 1.29 is 28.7 Å². The molecule has 1 atom stereocenters. The topological polar surface area (TPSA) is 137 Å². The minimum Gasteiger partial charge on any atom is -0.467 e. The van der Waals surface area contributed by atoms with Gasteiger partial charge in [-0.1, -0.05) is 45.9 Å². The Morgan fingerprint density at radius 1 is 0.854 bits per heavy atom. The number of hydrogen-bond donors (Lipinski definition) is 4. The Kier molecular flexibility index (Phi) is 15.8. The zero-order chi connectivity index (χ0) is 31.1. The molecule has 2 rings (SSSR count). The van der Waals surface area contributed by atoms with Crippen molar-refractivity contribution in [3.63, 3.8) is 0 Å².